The number of methoxy groups -OCH3 is 1. The number of rotatable bonds is 9. The number of ether oxygens (including phenoxy) is 1. The van der Waals surface area contributed by atoms with Gasteiger partial charge < -0.3 is 20.7 Å². The van der Waals surface area contributed by atoms with Crippen LogP contribution in [0.3, 0.4) is 0 Å². The minimum atomic E-state index is -0.0621. The molecule has 2 amide bonds. The SMILES string of the molecule is COCCCNC(=O)CNc1cccc(NC(=O)C2CC2)c1C. The minimum Gasteiger partial charge on any atom is -0.385 e. The Balaban J connectivity index is 1.82. The summed E-state index contributed by atoms with van der Waals surface area (Å²) >= 11 is 0. The number of amides is 2. The maximum Gasteiger partial charge on any atom is 0.239 e. The Hall–Kier alpha value is -2.08. The molecule has 0 unspecified atom stereocenters. The van der Waals surface area contributed by atoms with Crippen molar-refractivity contribution < 1.29 is 14.3 Å². The van der Waals surface area contributed by atoms with Gasteiger partial charge in [-0.05, 0) is 43.9 Å². The number of nitrogens with one attached hydrogen (secondary N) is 3. The van der Waals surface area contributed by atoms with Crippen molar-refractivity contribution in [1.82, 2.24) is 5.32 Å². The molecule has 1 aliphatic rings. The lowest BCUT2D eigenvalue weighted by Gasteiger charge is -2.14. The number of carbonyl (C=O) groups is 2. The normalized spacial score (nSPS) is 13.5. The van der Waals surface area contributed by atoms with Gasteiger partial charge in [-0.15, -0.1) is 0 Å². The second-order valence-corrected chi connectivity index (χ2v) is 5.79. The van der Waals surface area contributed by atoms with E-state index in [0.717, 1.165) is 36.2 Å². The number of hydrogen-bond donors (Lipinski definition) is 3. The fourth-order valence-corrected chi connectivity index (χ4v) is 2.23. The zero-order valence-electron chi connectivity index (χ0n) is 13.8. The van der Waals surface area contributed by atoms with Crippen molar-refractivity contribution in [3.05, 3.63) is 23.8 Å². The van der Waals surface area contributed by atoms with Gasteiger partial charge in [-0.1, -0.05) is 6.07 Å². The molecule has 1 saturated carbocycles. The van der Waals surface area contributed by atoms with E-state index in [0.29, 0.717) is 13.2 Å². The van der Waals surface area contributed by atoms with E-state index in [9.17, 15) is 9.59 Å². The van der Waals surface area contributed by atoms with Gasteiger partial charge in [0.1, 0.15) is 0 Å². The Kier molecular flexibility index (Phi) is 6.40. The quantitative estimate of drug-likeness (QED) is 0.608. The highest BCUT2D eigenvalue weighted by atomic mass is 16.5. The van der Waals surface area contributed by atoms with Gasteiger partial charge in [0.15, 0.2) is 0 Å². The molecular formula is C17H25N3O3. The van der Waals surface area contributed by atoms with Gasteiger partial charge in [0.05, 0.1) is 6.54 Å². The molecule has 0 spiro atoms. The van der Waals surface area contributed by atoms with E-state index in [1.807, 2.05) is 25.1 Å². The van der Waals surface area contributed by atoms with Crippen LogP contribution >= 0.6 is 0 Å². The zero-order valence-corrected chi connectivity index (χ0v) is 13.8. The van der Waals surface area contributed by atoms with E-state index < -0.39 is 0 Å². The molecule has 126 valence electrons. The first-order valence-corrected chi connectivity index (χ1v) is 8.02. The van der Waals surface area contributed by atoms with Gasteiger partial charge in [0.25, 0.3) is 0 Å². The van der Waals surface area contributed by atoms with Crippen LogP contribution in [0.4, 0.5) is 11.4 Å². The van der Waals surface area contributed by atoms with Gasteiger partial charge in [0, 0.05) is 37.6 Å². The number of hydrogen-bond acceptors (Lipinski definition) is 4. The summed E-state index contributed by atoms with van der Waals surface area (Å²) in [5, 5.41) is 8.90. The summed E-state index contributed by atoms with van der Waals surface area (Å²) in [6, 6.07) is 5.65. The predicted octanol–water partition coefficient (Wildman–Crippen LogP) is 1.91. The molecule has 6 heteroatoms. The van der Waals surface area contributed by atoms with Crippen molar-refractivity contribution in [3.63, 3.8) is 0 Å². The van der Waals surface area contributed by atoms with E-state index in [-0.39, 0.29) is 24.3 Å². The van der Waals surface area contributed by atoms with E-state index in [1.54, 1.807) is 7.11 Å². The number of benzene rings is 1. The van der Waals surface area contributed by atoms with Crippen LogP contribution in [-0.2, 0) is 14.3 Å². The topological polar surface area (TPSA) is 79.5 Å². The van der Waals surface area contributed by atoms with Gasteiger partial charge in [-0.2, -0.15) is 0 Å². The summed E-state index contributed by atoms with van der Waals surface area (Å²) in [5.41, 5.74) is 2.59. The molecule has 1 aliphatic carbocycles. The average molecular weight is 319 g/mol. The van der Waals surface area contributed by atoms with Crippen molar-refractivity contribution in [1.29, 1.82) is 0 Å². The average Bonchev–Trinajstić information content (AvgIpc) is 3.37. The molecule has 0 aliphatic heterocycles. The zero-order chi connectivity index (χ0) is 16.7. The smallest absolute Gasteiger partial charge is 0.239 e. The van der Waals surface area contributed by atoms with Crippen LogP contribution in [0.2, 0.25) is 0 Å². The van der Waals surface area contributed by atoms with Crippen LogP contribution in [0.25, 0.3) is 0 Å². The highest BCUT2D eigenvalue weighted by Crippen LogP contribution is 2.31. The fraction of sp³-hybridized carbons (Fsp3) is 0.529. The van der Waals surface area contributed by atoms with Crippen LogP contribution in [0.1, 0.15) is 24.8 Å². The third kappa shape index (κ3) is 5.56. The second kappa shape index (κ2) is 8.53. The lowest BCUT2D eigenvalue weighted by molar-refractivity contribution is -0.119. The van der Waals surface area contributed by atoms with Crippen molar-refractivity contribution in [3.8, 4) is 0 Å². The summed E-state index contributed by atoms with van der Waals surface area (Å²) < 4.78 is 4.93. The third-order valence-electron chi connectivity index (χ3n) is 3.83. The van der Waals surface area contributed by atoms with E-state index in [4.69, 9.17) is 4.74 Å². The Morgan fingerprint density at radius 3 is 2.70 bits per heavy atom. The molecule has 0 heterocycles. The molecule has 3 N–H and O–H groups in total. The standard InChI is InChI=1S/C17H25N3O3/c1-12-14(19-11-16(21)18-9-4-10-23-2)5-3-6-15(12)20-17(22)13-7-8-13/h3,5-6,13,19H,4,7-11H2,1-2H3,(H,18,21)(H,20,22). The molecule has 2 rings (SSSR count). The molecule has 0 radical (unpaired) electrons. The second-order valence-electron chi connectivity index (χ2n) is 5.79. The molecule has 0 atom stereocenters. The van der Waals surface area contributed by atoms with Gasteiger partial charge in [0.2, 0.25) is 11.8 Å². The third-order valence-corrected chi connectivity index (χ3v) is 3.83. The summed E-state index contributed by atoms with van der Waals surface area (Å²) in [7, 11) is 1.64. The van der Waals surface area contributed by atoms with Crippen molar-refractivity contribution in [2.24, 2.45) is 5.92 Å². The number of anilines is 2. The molecular weight excluding hydrogens is 294 g/mol. The molecule has 6 nitrogen and oxygen atoms in total. The van der Waals surface area contributed by atoms with Gasteiger partial charge in [-0.3, -0.25) is 9.59 Å². The van der Waals surface area contributed by atoms with Crippen LogP contribution in [0.15, 0.2) is 18.2 Å². The van der Waals surface area contributed by atoms with E-state index in [1.165, 1.54) is 0 Å². The van der Waals surface area contributed by atoms with Crippen molar-refractivity contribution >= 4 is 23.2 Å². The monoisotopic (exact) mass is 319 g/mol. The fourth-order valence-electron chi connectivity index (χ4n) is 2.23. The number of carbonyl (C=O) groups excluding carboxylic acids is 2. The first-order valence-electron chi connectivity index (χ1n) is 8.02. The van der Waals surface area contributed by atoms with Crippen molar-refractivity contribution in [2.75, 3.05) is 37.4 Å². The minimum absolute atomic E-state index is 0.0621. The lowest BCUT2D eigenvalue weighted by Crippen LogP contribution is -2.31. The highest BCUT2D eigenvalue weighted by Gasteiger charge is 2.29. The molecule has 23 heavy (non-hydrogen) atoms. The van der Waals surface area contributed by atoms with E-state index >= 15 is 0 Å². The largest absolute Gasteiger partial charge is 0.385 e. The lowest BCUT2D eigenvalue weighted by atomic mass is 10.1. The Morgan fingerprint density at radius 2 is 2.00 bits per heavy atom. The first kappa shape index (κ1) is 17.3. The highest BCUT2D eigenvalue weighted by molar-refractivity contribution is 5.95. The Morgan fingerprint density at radius 1 is 1.26 bits per heavy atom. The van der Waals surface area contributed by atoms with Gasteiger partial charge in [-0.25, -0.2) is 0 Å². The summed E-state index contributed by atoms with van der Waals surface area (Å²) in [4.78, 5) is 23.6. The molecule has 1 fully saturated rings. The van der Waals surface area contributed by atoms with Crippen molar-refractivity contribution in [2.45, 2.75) is 26.2 Å². The van der Waals surface area contributed by atoms with Crippen LogP contribution < -0.4 is 16.0 Å². The molecule has 1 aromatic rings. The maximum atomic E-state index is 11.9. The maximum absolute atomic E-state index is 11.9. The van der Waals surface area contributed by atoms with E-state index in [2.05, 4.69) is 16.0 Å². The van der Waals surface area contributed by atoms with Crippen LogP contribution in [0, 0.1) is 12.8 Å². The molecule has 1 aromatic carbocycles. The molecule has 0 aromatic heterocycles. The van der Waals surface area contributed by atoms with Crippen LogP contribution in [0.5, 0.6) is 0 Å². The van der Waals surface area contributed by atoms with Gasteiger partial charge >= 0.3 is 0 Å². The van der Waals surface area contributed by atoms with Crippen LogP contribution in [-0.4, -0.2) is 38.6 Å². The Bertz CT molecular complexity index is 556. The molecule has 0 bridgehead atoms. The summed E-state index contributed by atoms with van der Waals surface area (Å²) in [5.74, 6) is 0.193. The first-order chi connectivity index (χ1) is 11.1. The summed E-state index contributed by atoms with van der Waals surface area (Å²) in [6.07, 6.45) is 2.75. The Labute approximate surface area is 137 Å². The summed E-state index contributed by atoms with van der Waals surface area (Å²) in [6.45, 7) is 3.37. The molecule has 0 saturated heterocycles. The predicted molar refractivity (Wildman–Crippen MR) is 90.5 cm³/mol.